The second kappa shape index (κ2) is 13.8. The molecule has 4 heterocycles. The molecular weight excluding hydrogens is 719 g/mol. The predicted octanol–water partition coefficient (Wildman–Crippen LogP) is 11.8. The van der Waals surface area contributed by atoms with Gasteiger partial charge >= 0.3 is 0 Å². The molecule has 0 bridgehead atoms. The summed E-state index contributed by atoms with van der Waals surface area (Å²) in [4.78, 5) is 34.7. The van der Waals surface area contributed by atoms with Crippen LogP contribution < -0.4 is 0 Å². The molecule has 9 heteroatoms. The van der Waals surface area contributed by atoms with Gasteiger partial charge in [-0.05, 0) is 66.7 Å². The highest BCUT2D eigenvalue weighted by Gasteiger charge is 2.18. The number of nitrogens with zero attached hydrogens (tertiary/aromatic N) is 7. The first-order valence-electron chi connectivity index (χ1n) is 18.8. The van der Waals surface area contributed by atoms with Crippen molar-refractivity contribution in [2.45, 2.75) is 0 Å². The van der Waals surface area contributed by atoms with Crippen LogP contribution in [0.1, 0.15) is 0 Å². The Labute approximate surface area is 331 Å². The fourth-order valence-electron chi connectivity index (χ4n) is 7.08. The highest BCUT2D eigenvalue weighted by Crippen LogP contribution is 2.35. The Bertz CT molecular complexity index is 3080. The predicted molar refractivity (Wildman–Crippen MR) is 226 cm³/mol. The lowest BCUT2D eigenvalue weighted by Crippen LogP contribution is -2.01. The largest absolute Gasteiger partial charge is 0.436 e. The van der Waals surface area contributed by atoms with E-state index in [2.05, 4.69) is 28.2 Å². The summed E-state index contributed by atoms with van der Waals surface area (Å²) in [6.07, 6.45) is 0. The minimum absolute atomic E-state index is 0.517. The molecule has 0 atom stereocenters. The topological polar surface area (TPSA) is 117 Å². The molecule has 0 radical (unpaired) electrons. The number of hydrogen-bond donors (Lipinski definition) is 0. The maximum Gasteiger partial charge on any atom is 0.227 e. The molecule has 58 heavy (non-hydrogen) atoms. The van der Waals surface area contributed by atoms with Gasteiger partial charge in [0.15, 0.2) is 28.6 Å². The van der Waals surface area contributed by atoms with Crippen LogP contribution in [0.3, 0.4) is 0 Å². The van der Waals surface area contributed by atoms with Crippen LogP contribution in [0.25, 0.3) is 113 Å². The van der Waals surface area contributed by atoms with Crippen molar-refractivity contribution in [1.82, 2.24) is 34.9 Å². The SMILES string of the molecule is c1ccc(-c2nc3ccccc3nc2-c2cccc(-c3nc(-c4ccc(-c5nc6ccccc6o5)cc4)nc(-c4ccc(-c5nc6ccccc6o5)cc4)n3)c2)cc1. The van der Waals surface area contributed by atoms with E-state index >= 15 is 0 Å². The van der Waals surface area contributed by atoms with Crippen molar-refractivity contribution in [2.75, 3.05) is 0 Å². The summed E-state index contributed by atoms with van der Waals surface area (Å²) in [6.45, 7) is 0. The minimum Gasteiger partial charge on any atom is -0.436 e. The molecule has 4 aromatic heterocycles. The first-order chi connectivity index (χ1) is 28.7. The Morgan fingerprint density at radius 2 is 0.655 bits per heavy atom. The van der Waals surface area contributed by atoms with Gasteiger partial charge in [-0.3, -0.25) is 0 Å². The quantitative estimate of drug-likeness (QED) is 0.157. The molecule has 0 unspecified atom stereocenters. The molecule has 272 valence electrons. The van der Waals surface area contributed by atoms with E-state index in [1.165, 1.54) is 0 Å². The van der Waals surface area contributed by atoms with Crippen LogP contribution in [0.2, 0.25) is 0 Å². The maximum absolute atomic E-state index is 6.05. The summed E-state index contributed by atoms with van der Waals surface area (Å²) in [7, 11) is 0. The van der Waals surface area contributed by atoms with Gasteiger partial charge in [-0.2, -0.15) is 0 Å². The summed E-state index contributed by atoms with van der Waals surface area (Å²) < 4.78 is 12.1. The van der Waals surface area contributed by atoms with Gasteiger partial charge in [0, 0.05) is 38.9 Å². The van der Waals surface area contributed by atoms with E-state index in [1.54, 1.807) is 0 Å². The van der Waals surface area contributed by atoms with Crippen molar-refractivity contribution in [3.05, 3.63) is 176 Å². The van der Waals surface area contributed by atoms with Crippen LogP contribution in [0.15, 0.2) is 185 Å². The van der Waals surface area contributed by atoms with Gasteiger partial charge in [0.25, 0.3) is 0 Å². The van der Waals surface area contributed by atoms with Gasteiger partial charge in [-0.15, -0.1) is 0 Å². The molecule has 0 fully saturated rings. The van der Waals surface area contributed by atoms with Gasteiger partial charge in [0.05, 0.1) is 22.4 Å². The Morgan fingerprint density at radius 3 is 1.17 bits per heavy atom. The first kappa shape index (κ1) is 33.2. The van der Waals surface area contributed by atoms with Crippen molar-refractivity contribution in [3.63, 3.8) is 0 Å². The zero-order chi connectivity index (χ0) is 38.4. The number of aromatic nitrogens is 7. The Morgan fingerprint density at radius 1 is 0.259 bits per heavy atom. The number of rotatable bonds is 7. The Kier molecular flexibility index (Phi) is 7.92. The molecule has 9 nitrogen and oxygen atoms in total. The second-order valence-electron chi connectivity index (χ2n) is 13.8. The highest BCUT2D eigenvalue weighted by molar-refractivity contribution is 5.87. The Hall–Kier alpha value is -8.17. The molecule has 0 aliphatic carbocycles. The van der Waals surface area contributed by atoms with Crippen molar-refractivity contribution in [3.8, 4) is 79.6 Å². The lowest BCUT2D eigenvalue weighted by atomic mass is 10.0. The standard InChI is InChI=1S/C49H29N7O2/c1-2-11-30(12-3-1)43-44(51-38-16-5-4-15-37(38)50-43)35-13-10-14-36(29-35)47-55-45(31-21-25-33(26-22-31)48-52-39-17-6-8-19-41(39)57-48)54-46(56-47)32-23-27-34(28-24-32)49-53-40-18-7-9-20-42(40)58-49/h1-29H. The third-order valence-electron chi connectivity index (χ3n) is 10.0. The third-order valence-corrected chi connectivity index (χ3v) is 10.0. The van der Waals surface area contributed by atoms with E-state index in [-0.39, 0.29) is 0 Å². The fraction of sp³-hybridized carbons (Fsp3) is 0. The first-order valence-corrected chi connectivity index (χ1v) is 18.8. The molecule has 0 saturated carbocycles. The number of fused-ring (bicyclic) bond motifs is 3. The summed E-state index contributed by atoms with van der Waals surface area (Å²) in [5, 5.41) is 0. The molecule has 7 aromatic carbocycles. The molecule has 0 aliphatic heterocycles. The molecule has 0 amide bonds. The number of para-hydroxylation sites is 6. The van der Waals surface area contributed by atoms with E-state index in [0.29, 0.717) is 29.3 Å². The van der Waals surface area contributed by atoms with Gasteiger partial charge in [-0.1, -0.05) is 109 Å². The lowest BCUT2D eigenvalue weighted by Gasteiger charge is -2.12. The summed E-state index contributed by atoms with van der Waals surface area (Å²) in [5.74, 6) is 2.66. The smallest absolute Gasteiger partial charge is 0.227 e. The number of hydrogen-bond acceptors (Lipinski definition) is 9. The normalized spacial score (nSPS) is 11.4. The van der Waals surface area contributed by atoms with Crippen LogP contribution in [0.5, 0.6) is 0 Å². The van der Waals surface area contributed by atoms with Gasteiger partial charge in [0.1, 0.15) is 11.0 Å². The van der Waals surface area contributed by atoms with E-state index < -0.39 is 0 Å². The zero-order valence-corrected chi connectivity index (χ0v) is 30.7. The van der Waals surface area contributed by atoms with Crippen LogP contribution in [0, 0.1) is 0 Å². The van der Waals surface area contributed by atoms with Crippen LogP contribution in [-0.2, 0) is 0 Å². The maximum atomic E-state index is 6.05. The molecule has 0 spiro atoms. The van der Waals surface area contributed by atoms with Gasteiger partial charge < -0.3 is 8.83 Å². The monoisotopic (exact) mass is 747 g/mol. The molecule has 11 rings (SSSR count). The van der Waals surface area contributed by atoms with E-state index in [0.717, 1.165) is 83.6 Å². The number of oxazole rings is 2. The third kappa shape index (κ3) is 6.13. The summed E-state index contributed by atoms with van der Waals surface area (Å²) in [6, 6.07) is 57.5. The molecular formula is C49H29N7O2. The summed E-state index contributed by atoms with van der Waals surface area (Å²) >= 11 is 0. The van der Waals surface area contributed by atoms with E-state index in [1.807, 2.05) is 158 Å². The lowest BCUT2D eigenvalue weighted by molar-refractivity contribution is 0.619. The second-order valence-corrected chi connectivity index (χ2v) is 13.8. The van der Waals surface area contributed by atoms with Gasteiger partial charge in [0.2, 0.25) is 11.8 Å². The molecule has 0 aliphatic rings. The Balaban J connectivity index is 1.02. The van der Waals surface area contributed by atoms with E-state index in [4.69, 9.17) is 33.8 Å². The fourth-order valence-corrected chi connectivity index (χ4v) is 7.08. The van der Waals surface area contributed by atoms with Crippen LogP contribution >= 0.6 is 0 Å². The van der Waals surface area contributed by atoms with Crippen molar-refractivity contribution in [1.29, 1.82) is 0 Å². The minimum atomic E-state index is 0.517. The average Bonchev–Trinajstić information content (AvgIpc) is 3.94. The van der Waals surface area contributed by atoms with Gasteiger partial charge in [-0.25, -0.2) is 34.9 Å². The van der Waals surface area contributed by atoms with Crippen LogP contribution in [0.4, 0.5) is 0 Å². The molecule has 0 N–H and O–H groups in total. The van der Waals surface area contributed by atoms with Crippen molar-refractivity contribution >= 4 is 33.2 Å². The van der Waals surface area contributed by atoms with Crippen molar-refractivity contribution < 1.29 is 8.83 Å². The zero-order valence-electron chi connectivity index (χ0n) is 30.7. The molecule has 0 saturated heterocycles. The summed E-state index contributed by atoms with van der Waals surface area (Å²) in [5.41, 5.74) is 12.3. The van der Waals surface area contributed by atoms with Crippen molar-refractivity contribution in [2.24, 2.45) is 0 Å². The highest BCUT2D eigenvalue weighted by atomic mass is 16.4. The average molecular weight is 748 g/mol. The molecule has 11 aromatic rings. The number of benzene rings is 7. The van der Waals surface area contributed by atoms with Crippen LogP contribution in [-0.4, -0.2) is 34.9 Å². The van der Waals surface area contributed by atoms with E-state index in [9.17, 15) is 0 Å².